The van der Waals surface area contributed by atoms with Crippen LogP contribution in [0.15, 0.2) is 42.5 Å². The van der Waals surface area contributed by atoms with E-state index in [1.807, 2.05) is 6.07 Å². The molecule has 0 radical (unpaired) electrons. The molecule has 3 rings (SSSR count). The summed E-state index contributed by atoms with van der Waals surface area (Å²) in [5.74, 6) is 0.442. The highest BCUT2D eigenvalue weighted by Gasteiger charge is 2.28. The van der Waals surface area contributed by atoms with Gasteiger partial charge in [0.25, 0.3) is 0 Å². The SMILES string of the molecule is CC(C)(C)S(=O)(=O)CCCCCC(=O)Cc1cccc2c1Cc1ccccc1-2. The van der Waals surface area contributed by atoms with Gasteiger partial charge in [-0.2, -0.15) is 0 Å². The minimum absolute atomic E-state index is 0.204. The zero-order chi connectivity index (χ0) is 20.4. The second kappa shape index (κ2) is 8.20. The number of sulfone groups is 1. The van der Waals surface area contributed by atoms with Gasteiger partial charge >= 0.3 is 0 Å². The van der Waals surface area contributed by atoms with Crippen molar-refractivity contribution in [3.05, 3.63) is 59.2 Å². The number of benzene rings is 2. The van der Waals surface area contributed by atoms with Crippen molar-refractivity contribution in [2.75, 3.05) is 5.75 Å². The van der Waals surface area contributed by atoms with Gasteiger partial charge in [0.05, 0.1) is 10.5 Å². The Morgan fingerprint density at radius 2 is 1.64 bits per heavy atom. The third-order valence-electron chi connectivity index (χ3n) is 5.64. The molecule has 0 aromatic heterocycles. The van der Waals surface area contributed by atoms with Crippen LogP contribution in [-0.4, -0.2) is 24.7 Å². The van der Waals surface area contributed by atoms with E-state index in [-0.39, 0.29) is 11.5 Å². The highest BCUT2D eigenvalue weighted by atomic mass is 32.2. The molecule has 150 valence electrons. The van der Waals surface area contributed by atoms with Crippen molar-refractivity contribution in [3.8, 4) is 11.1 Å². The lowest BCUT2D eigenvalue weighted by molar-refractivity contribution is -0.118. The van der Waals surface area contributed by atoms with E-state index in [1.54, 1.807) is 20.8 Å². The molecule has 0 aliphatic heterocycles. The van der Waals surface area contributed by atoms with Gasteiger partial charge in [-0.1, -0.05) is 48.9 Å². The lowest BCUT2D eigenvalue weighted by Gasteiger charge is -2.18. The van der Waals surface area contributed by atoms with Crippen LogP contribution in [0, 0.1) is 0 Å². The van der Waals surface area contributed by atoms with Crippen molar-refractivity contribution in [3.63, 3.8) is 0 Å². The van der Waals surface area contributed by atoms with E-state index >= 15 is 0 Å². The molecule has 1 aliphatic rings. The van der Waals surface area contributed by atoms with Gasteiger partial charge in [0, 0.05) is 12.8 Å². The quantitative estimate of drug-likeness (QED) is 0.494. The predicted molar refractivity (Wildman–Crippen MR) is 115 cm³/mol. The molecule has 0 unspecified atom stereocenters. The second-order valence-electron chi connectivity index (χ2n) is 8.73. The van der Waals surface area contributed by atoms with Gasteiger partial charge in [-0.05, 0) is 67.9 Å². The molecule has 0 fully saturated rings. The Kier molecular flexibility index (Phi) is 6.09. The Hall–Kier alpha value is -1.94. The van der Waals surface area contributed by atoms with Crippen molar-refractivity contribution in [1.82, 2.24) is 0 Å². The molecule has 0 saturated carbocycles. The van der Waals surface area contributed by atoms with Crippen LogP contribution in [0.25, 0.3) is 11.1 Å². The van der Waals surface area contributed by atoms with E-state index in [9.17, 15) is 13.2 Å². The van der Waals surface area contributed by atoms with Gasteiger partial charge in [-0.25, -0.2) is 8.42 Å². The van der Waals surface area contributed by atoms with Crippen LogP contribution in [0.2, 0.25) is 0 Å². The fourth-order valence-electron chi connectivity index (χ4n) is 3.79. The van der Waals surface area contributed by atoms with Crippen LogP contribution < -0.4 is 0 Å². The summed E-state index contributed by atoms with van der Waals surface area (Å²) in [6, 6.07) is 14.7. The summed E-state index contributed by atoms with van der Waals surface area (Å²) in [5.41, 5.74) is 6.29. The summed E-state index contributed by atoms with van der Waals surface area (Å²) in [5, 5.41) is 0. The van der Waals surface area contributed by atoms with Crippen LogP contribution in [0.5, 0.6) is 0 Å². The molecule has 0 spiro atoms. The lowest BCUT2D eigenvalue weighted by Crippen LogP contribution is -2.30. The maximum Gasteiger partial charge on any atom is 0.155 e. The van der Waals surface area contributed by atoms with Gasteiger partial charge < -0.3 is 0 Å². The molecule has 1 aliphatic carbocycles. The number of carbonyl (C=O) groups excluding carboxylic acids is 1. The van der Waals surface area contributed by atoms with E-state index in [2.05, 4.69) is 36.4 Å². The van der Waals surface area contributed by atoms with E-state index < -0.39 is 14.6 Å². The van der Waals surface area contributed by atoms with Crippen LogP contribution in [0.3, 0.4) is 0 Å². The predicted octanol–water partition coefficient (Wildman–Crippen LogP) is 5.14. The molecule has 0 saturated heterocycles. The number of ketones is 1. The Balaban J connectivity index is 1.51. The number of fused-ring (bicyclic) bond motifs is 3. The molecule has 0 heterocycles. The van der Waals surface area contributed by atoms with E-state index in [1.165, 1.54) is 22.3 Å². The summed E-state index contributed by atoms with van der Waals surface area (Å²) >= 11 is 0. The van der Waals surface area contributed by atoms with E-state index in [0.717, 1.165) is 24.8 Å². The largest absolute Gasteiger partial charge is 0.299 e. The minimum Gasteiger partial charge on any atom is -0.299 e. The zero-order valence-electron chi connectivity index (χ0n) is 17.1. The van der Waals surface area contributed by atoms with Gasteiger partial charge in [0.2, 0.25) is 0 Å². The first-order chi connectivity index (χ1) is 13.2. The van der Waals surface area contributed by atoms with Crippen LogP contribution in [-0.2, 0) is 27.5 Å². The average Bonchev–Trinajstić information content (AvgIpc) is 3.00. The van der Waals surface area contributed by atoms with Crippen molar-refractivity contribution < 1.29 is 13.2 Å². The van der Waals surface area contributed by atoms with Crippen LogP contribution in [0.4, 0.5) is 0 Å². The van der Waals surface area contributed by atoms with Crippen molar-refractivity contribution in [2.24, 2.45) is 0 Å². The molecule has 0 N–H and O–H groups in total. The number of unbranched alkanes of at least 4 members (excludes halogenated alkanes) is 2. The monoisotopic (exact) mass is 398 g/mol. The van der Waals surface area contributed by atoms with E-state index in [0.29, 0.717) is 19.3 Å². The summed E-state index contributed by atoms with van der Waals surface area (Å²) in [6.45, 7) is 5.22. The van der Waals surface area contributed by atoms with Gasteiger partial charge in [0.15, 0.2) is 9.84 Å². The number of carbonyl (C=O) groups is 1. The molecule has 3 nitrogen and oxygen atoms in total. The van der Waals surface area contributed by atoms with Gasteiger partial charge in [-0.15, -0.1) is 0 Å². The highest BCUT2D eigenvalue weighted by molar-refractivity contribution is 7.92. The minimum atomic E-state index is -3.06. The average molecular weight is 399 g/mol. The second-order valence-corrected chi connectivity index (χ2v) is 11.6. The first kappa shape index (κ1) is 20.8. The Bertz CT molecular complexity index is 966. The molecule has 2 aromatic rings. The molecular formula is C24H30O3S. The summed E-state index contributed by atoms with van der Waals surface area (Å²) < 4.78 is 23.6. The molecule has 2 aromatic carbocycles. The van der Waals surface area contributed by atoms with Crippen molar-refractivity contribution in [1.29, 1.82) is 0 Å². The number of Topliss-reactive ketones (excluding diaryl/α,β-unsaturated/α-hetero) is 1. The van der Waals surface area contributed by atoms with Gasteiger partial charge in [0.1, 0.15) is 5.78 Å². The smallest absolute Gasteiger partial charge is 0.155 e. The number of hydrogen-bond acceptors (Lipinski definition) is 3. The van der Waals surface area contributed by atoms with Gasteiger partial charge in [-0.3, -0.25) is 4.79 Å². The molecule has 28 heavy (non-hydrogen) atoms. The van der Waals surface area contributed by atoms with Crippen molar-refractivity contribution >= 4 is 15.6 Å². The molecular weight excluding hydrogens is 368 g/mol. The van der Waals surface area contributed by atoms with E-state index in [4.69, 9.17) is 0 Å². The number of hydrogen-bond donors (Lipinski definition) is 0. The van der Waals surface area contributed by atoms with Crippen LogP contribution >= 0.6 is 0 Å². The number of rotatable bonds is 8. The third kappa shape index (κ3) is 4.54. The maximum absolute atomic E-state index is 12.5. The standard InChI is InChI=1S/C24H30O3S/c1-24(2,3)28(26,27)15-8-4-5-12-20(25)16-18-11-9-14-22-21-13-7-6-10-19(21)17-23(18)22/h6-7,9-11,13-14H,4-5,8,12,15-17H2,1-3H3. The zero-order valence-corrected chi connectivity index (χ0v) is 17.9. The first-order valence-electron chi connectivity index (χ1n) is 10.1. The molecule has 4 heteroatoms. The molecule has 0 bridgehead atoms. The summed E-state index contributed by atoms with van der Waals surface area (Å²) in [6.07, 6.45) is 4.05. The normalized spacial score (nSPS) is 13.2. The maximum atomic E-state index is 12.5. The topological polar surface area (TPSA) is 51.2 Å². The summed E-state index contributed by atoms with van der Waals surface area (Å²) in [7, 11) is -3.06. The highest BCUT2D eigenvalue weighted by Crippen LogP contribution is 2.38. The Morgan fingerprint density at radius 3 is 2.39 bits per heavy atom. The molecule has 0 atom stereocenters. The third-order valence-corrected chi connectivity index (χ3v) is 8.33. The van der Waals surface area contributed by atoms with Crippen molar-refractivity contribution in [2.45, 2.75) is 64.0 Å². The lowest BCUT2D eigenvalue weighted by atomic mass is 9.96. The Morgan fingerprint density at radius 1 is 0.929 bits per heavy atom. The fourth-order valence-corrected chi connectivity index (χ4v) is 4.98. The Labute approximate surface area is 169 Å². The fraction of sp³-hybridized carbons (Fsp3) is 0.458. The summed E-state index contributed by atoms with van der Waals surface area (Å²) in [4.78, 5) is 12.5. The van der Waals surface area contributed by atoms with Crippen LogP contribution in [0.1, 0.15) is 63.1 Å². The molecule has 0 amide bonds. The first-order valence-corrected chi connectivity index (χ1v) is 11.8.